The molecule has 1 N–H and O–H groups in total. The molecule has 0 spiro atoms. The van der Waals surface area contributed by atoms with Crippen molar-refractivity contribution in [3.63, 3.8) is 0 Å². The number of aryl methyl sites for hydroxylation is 2. The smallest absolute Gasteiger partial charge is 0.128 e. The molecule has 0 saturated heterocycles. The van der Waals surface area contributed by atoms with Gasteiger partial charge in [0, 0.05) is 10.3 Å². The summed E-state index contributed by atoms with van der Waals surface area (Å²) in [5.74, 6) is 0. The first kappa shape index (κ1) is 8.56. The van der Waals surface area contributed by atoms with E-state index in [0.29, 0.717) is 0 Å². The largest absolute Gasteiger partial charge is 0.337 e. The predicted molar refractivity (Wildman–Crippen MR) is 61.4 cm³/mol. The van der Waals surface area contributed by atoms with Crippen LogP contribution in [0.5, 0.6) is 0 Å². The molecule has 14 heavy (non-hydrogen) atoms. The molecule has 72 valence electrons. The highest BCUT2D eigenvalue weighted by Crippen LogP contribution is 2.35. The van der Waals surface area contributed by atoms with Crippen LogP contribution in [0, 0.1) is 4.64 Å². The molecule has 2 heterocycles. The quantitative estimate of drug-likeness (QED) is 0.693. The Morgan fingerprint density at radius 1 is 1.36 bits per heavy atom. The van der Waals surface area contributed by atoms with Crippen molar-refractivity contribution >= 4 is 33.8 Å². The second-order valence-electron chi connectivity index (χ2n) is 3.62. The molecule has 4 heteroatoms. The number of H-pyrrole nitrogens is 1. The van der Waals surface area contributed by atoms with Gasteiger partial charge in [0.1, 0.15) is 9.47 Å². The van der Waals surface area contributed by atoms with Crippen LogP contribution in [0.2, 0.25) is 0 Å². The van der Waals surface area contributed by atoms with Gasteiger partial charge in [-0.3, -0.25) is 0 Å². The number of nitrogens with zero attached hydrogens (tertiary/aromatic N) is 1. The minimum atomic E-state index is 0.856. The van der Waals surface area contributed by atoms with Gasteiger partial charge in [-0.15, -0.1) is 11.3 Å². The first-order valence-corrected chi connectivity index (χ1v) is 6.06. The van der Waals surface area contributed by atoms with E-state index < -0.39 is 0 Å². The van der Waals surface area contributed by atoms with Gasteiger partial charge in [-0.2, -0.15) is 0 Å². The van der Waals surface area contributed by atoms with Crippen LogP contribution in [0.15, 0.2) is 6.33 Å². The monoisotopic (exact) mass is 222 g/mol. The van der Waals surface area contributed by atoms with Gasteiger partial charge < -0.3 is 4.98 Å². The van der Waals surface area contributed by atoms with E-state index in [4.69, 9.17) is 12.2 Å². The summed E-state index contributed by atoms with van der Waals surface area (Å²) < 4.78 is 0.856. The zero-order chi connectivity index (χ0) is 9.54. The summed E-state index contributed by atoms with van der Waals surface area (Å²) in [5.41, 5.74) is 1.46. The molecule has 0 bridgehead atoms. The molecular formula is C10H10N2S2. The molecule has 0 saturated carbocycles. The molecule has 0 fully saturated rings. The van der Waals surface area contributed by atoms with Crippen LogP contribution >= 0.6 is 23.6 Å². The zero-order valence-electron chi connectivity index (χ0n) is 7.67. The van der Waals surface area contributed by atoms with E-state index >= 15 is 0 Å². The van der Waals surface area contributed by atoms with Gasteiger partial charge in [0.15, 0.2) is 0 Å². The topological polar surface area (TPSA) is 28.7 Å². The summed E-state index contributed by atoms with van der Waals surface area (Å²) in [5, 5.41) is 1.21. The Morgan fingerprint density at radius 2 is 2.21 bits per heavy atom. The average molecular weight is 222 g/mol. The van der Waals surface area contributed by atoms with Gasteiger partial charge in [-0.05, 0) is 31.2 Å². The maximum Gasteiger partial charge on any atom is 0.128 e. The summed E-state index contributed by atoms with van der Waals surface area (Å²) >= 11 is 7.12. The van der Waals surface area contributed by atoms with Crippen LogP contribution in [-0.4, -0.2) is 9.97 Å². The molecule has 1 aliphatic rings. The van der Waals surface area contributed by atoms with Crippen LogP contribution < -0.4 is 0 Å². The lowest BCUT2D eigenvalue weighted by atomic mass is 9.97. The summed E-state index contributed by atoms with van der Waals surface area (Å²) in [7, 11) is 0. The van der Waals surface area contributed by atoms with E-state index in [-0.39, 0.29) is 0 Å². The Labute approximate surface area is 91.0 Å². The molecule has 2 aromatic rings. The summed E-state index contributed by atoms with van der Waals surface area (Å²) in [6, 6.07) is 0. The number of nitrogens with one attached hydrogen (secondary N) is 1. The molecule has 0 atom stereocenters. The lowest BCUT2D eigenvalue weighted by molar-refractivity contribution is 0.700. The third kappa shape index (κ3) is 1.14. The molecule has 2 nitrogen and oxygen atoms in total. The molecule has 3 rings (SSSR count). The third-order valence-corrected chi connectivity index (χ3v) is 4.28. The van der Waals surface area contributed by atoms with E-state index in [1.807, 2.05) is 11.3 Å². The van der Waals surface area contributed by atoms with Crippen molar-refractivity contribution in [2.75, 3.05) is 0 Å². The Kier molecular flexibility index (Phi) is 1.92. The van der Waals surface area contributed by atoms with Crippen molar-refractivity contribution in [1.82, 2.24) is 9.97 Å². The number of aromatic nitrogens is 2. The second kappa shape index (κ2) is 3.14. The normalized spacial score (nSPS) is 15.7. The average Bonchev–Trinajstić information content (AvgIpc) is 2.57. The van der Waals surface area contributed by atoms with Crippen molar-refractivity contribution in [3.05, 3.63) is 21.4 Å². The fourth-order valence-corrected chi connectivity index (χ4v) is 3.68. The fourth-order valence-electron chi connectivity index (χ4n) is 2.10. The Hall–Kier alpha value is -0.740. The number of hydrogen-bond acceptors (Lipinski definition) is 3. The molecule has 0 amide bonds. The van der Waals surface area contributed by atoms with E-state index in [0.717, 1.165) is 9.47 Å². The zero-order valence-corrected chi connectivity index (χ0v) is 9.30. The molecule has 2 aromatic heterocycles. The lowest BCUT2D eigenvalue weighted by Gasteiger charge is -2.09. The van der Waals surface area contributed by atoms with E-state index in [1.165, 1.54) is 41.5 Å². The number of rotatable bonds is 0. The molecule has 0 radical (unpaired) electrons. The van der Waals surface area contributed by atoms with Crippen molar-refractivity contribution in [3.8, 4) is 0 Å². The highest BCUT2D eigenvalue weighted by atomic mass is 32.1. The maximum atomic E-state index is 5.30. The Bertz CT molecular complexity index is 539. The Balaban J connectivity index is 2.44. The number of aromatic amines is 1. The van der Waals surface area contributed by atoms with Crippen LogP contribution in [0.3, 0.4) is 0 Å². The molecule has 1 aliphatic carbocycles. The predicted octanol–water partition coefficient (Wildman–Crippen LogP) is 3.23. The second-order valence-corrected chi connectivity index (χ2v) is 5.11. The van der Waals surface area contributed by atoms with Crippen molar-refractivity contribution < 1.29 is 0 Å². The minimum Gasteiger partial charge on any atom is -0.337 e. The van der Waals surface area contributed by atoms with Crippen LogP contribution in [0.4, 0.5) is 0 Å². The first-order valence-electron chi connectivity index (χ1n) is 4.84. The number of fused-ring (bicyclic) bond motifs is 3. The van der Waals surface area contributed by atoms with Crippen molar-refractivity contribution in [2.45, 2.75) is 25.7 Å². The van der Waals surface area contributed by atoms with Gasteiger partial charge in [-0.25, -0.2) is 4.98 Å². The van der Waals surface area contributed by atoms with E-state index in [1.54, 1.807) is 6.33 Å². The minimum absolute atomic E-state index is 0.856. The maximum absolute atomic E-state index is 5.30. The summed E-state index contributed by atoms with van der Waals surface area (Å²) in [4.78, 5) is 9.98. The van der Waals surface area contributed by atoms with Crippen LogP contribution in [-0.2, 0) is 12.8 Å². The van der Waals surface area contributed by atoms with Gasteiger partial charge in [0.25, 0.3) is 0 Å². The SMILES string of the molecule is S=c1[nH]cnc2sc3c(c12)CCCC3. The van der Waals surface area contributed by atoms with Gasteiger partial charge in [0.2, 0.25) is 0 Å². The standard InChI is InChI=1S/C10H10N2S2/c13-9-8-6-3-1-2-4-7(6)14-10(8)12-5-11-9/h5H,1-4H2,(H,11,12,13). The summed E-state index contributed by atoms with van der Waals surface area (Å²) in [6.45, 7) is 0. The van der Waals surface area contributed by atoms with E-state index in [2.05, 4.69) is 9.97 Å². The molecule has 0 unspecified atom stereocenters. The Morgan fingerprint density at radius 3 is 3.14 bits per heavy atom. The summed E-state index contributed by atoms with van der Waals surface area (Å²) in [6.07, 6.45) is 6.70. The highest BCUT2D eigenvalue weighted by molar-refractivity contribution is 7.71. The first-order chi connectivity index (χ1) is 6.86. The van der Waals surface area contributed by atoms with Crippen molar-refractivity contribution in [2.24, 2.45) is 0 Å². The lowest BCUT2D eigenvalue weighted by Crippen LogP contribution is -1.98. The fraction of sp³-hybridized carbons (Fsp3) is 0.400. The highest BCUT2D eigenvalue weighted by Gasteiger charge is 2.17. The molecule has 0 aliphatic heterocycles. The van der Waals surface area contributed by atoms with Crippen LogP contribution in [0.1, 0.15) is 23.3 Å². The van der Waals surface area contributed by atoms with Gasteiger partial charge in [-0.1, -0.05) is 12.2 Å². The number of hydrogen-bond donors (Lipinski definition) is 1. The number of thiophene rings is 1. The van der Waals surface area contributed by atoms with Crippen LogP contribution in [0.25, 0.3) is 10.2 Å². The van der Waals surface area contributed by atoms with E-state index in [9.17, 15) is 0 Å². The molecular weight excluding hydrogens is 212 g/mol. The van der Waals surface area contributed by atoms with Gasteiger partial charge in [0.05, 0.1) is 6.33 Å². The van der Waals surface area contributed by atoms with Gasteiger partial charge >= 0.3 is 0 Å². The van der Waals surface area contributed by atoms with Crippen molar-refractivity contribution in [1.29, 1.82) is 0 Å². The third-order valence-electron chi connectivity index (χ3n) is 2.76. The molecule has 0 aromatic carbocycles.